The van der Waals surface area contributed by atoms with Gasteiger partial charge in [-0.3, -0.25) is 4.79 Å². The number of nitrogens with one attached hydrogen (secondary N) is 1. The van der Waals surface area contributed by atoms with Crippen LogP contribution in [0.2, 0.25) is 0 Å². The average Bonchev–Trinajstić information content (AvgIpc) is 2.55. The van der Waals surface area contributed by atoms with Crippen LogP contribution >= 0.6 is 0 Å². The van der Waals surface area contributed by atoms with Crippen LogP contribution in [0.15, 0.2) is 24.3 Å². The minimum atomic E-state index is 0.119. The summed E-state index contributed by atoms with van der Waals surface area (Å²) in [6, 6.07) is 8.19. The molecule has 0 bridgehead atoms. The molecule has 1 amide bonds. The molecule has 1 aromatic rings. The van der Waals surface area contributed by atoms with Crippen molar-refractivity contribution in [3.05, 3.63) is 29.8 Å². The Morgan fingerprint density at radius 2 is 2.27 bits per heavy atom. The molecule has 1 N–H and O–H groups in total. The third kappa shape index (κ3) is 4.45. The van der Waals surface area contributed by atoms with Gasteiger partial charge >= 0.3 is 0 Å². The molecule has 2 unspecified atom stereocenters. The monoisotopic (exact) mass is 306 g/mol. The Morgan fingerprint density at radius 3 is 2.95 bits per heavy atom. The van der Waals surface area contributed by atoms with Crippen molar-refractivity contribution in [3.63, 3.8) is 0 Å². The van der Waals surface area contributed by atoms with E-state index in [9.17, 15) is 4.79 Å². The Kier molecular flexibility index (Phi) is 6.21. The van der Waals surface area contributed by atoms with Crippen LogP contribution in [0.4, 0.5) is 0 Å². The Bertz CT molecular complexity index is 487. The van der Waals surface area contributed by atoms with Crippen molar-refractivity contribution < 1.29 is 14.3 Å². The first kappa shape index (κ1) is 16.8. The number of rotatable bonds is 6. The maximum atomic E-state index is 12.4. The zero-order chi connectivity index (χ0) is 15.9. The van der Waals surface area contributed by atoms with E-state index in [-0.39, 0.29) is 18.0 Å². The lowest BCUT2D eigenvalue weighted by Gasteiger charge is -2.29. The van der Waals surface area contributed by atoms with Crippen molar-refractivity contribution in [3.8, 4) is 5.75 Å². The Balaban J connectivity index is 1.90. The molecule has 5 heteroatoms. The van der Waals surface area contributed by atoms with Crippen LogP contribution in [-0.2, 0) is 16.0 Å². The zero-order valence-electron chi connectivity index (χ0n) is 13.7. The normalized spacial score (nSPS) is 19.5. The molecule has 0 radical (unpaired) electrons. The van der Waals surface area contributed by atoms with Crippen molar-refractivity contribution >= 4 is 5.91 Å². The maximum absolute atomic E-state index is 12.4. The van der Waals surface area contributed by atoms with Crippen LogP contribution in [-0.4, -0.2) is 56.8 Å². The number of carbonyl (C=O) groups excluding carboxylic acids is 1. The molecule has 1 aliphatic heterocycles. The molecule has 1 heterocycles. The lowest BCUT2D eigenvalue weighted by atomic mass is 10.0. The van der Waals surface area contributed by atoms with Gasteiger partial charge in [0.25, 0.3) is 0 Å². The Hall–Kier alpha value is -1.59. The Labute approximate surface area is 132 Å². The van der Waals surface area contributed by atoms with Crippen LogP contribution in [0.25, 0.3) is 0 Å². The summed E-state index contributed by atoms with van der Waals surface area (Å²) in [5.41, 5.74) is 1.12. The van der Waals surface area contributed by atoms with Gasteiger partial charge in [-0.2, -0.15) is 0 Å². The molecule has 0 aliphatic carbocycles. The molecule has 1 aromatic carbocycles. The van der Waals surface area contributed by atoms with E-state index in [2.05, 4.69) is 12.2 Å². The molecular weight excluding hydrogens is 280 g/mol. The van der Waals surface area contributed by atoms with Gasteiger partial charge in [-0.15, -0.1) is 0 Å². The van der Waals surface area contributed by atoms with Crippen molar-refractivity contribution in [1.82, 2.24) is 10.2 Å². The van der Waals surface area contributed by atoms with Gasteiger partial charge in [-0.25, -0.2) is 0 Å². The Morgan fingerprint density at radius 1 is 1.50 bits per heavy atom. The lowest BCUT2D eigenvalue weighted by Crippen LogP contribution is -2.46. The third-order valence-corrected chi connectivity index (χ3v) is 4.18. The van der Waals surface area contributed by atoms with Crippen molar-refractivity contribution in [2.45, 2.75) is 31.8 Å². The van der Waals surface area contributed by atoms with E-state index in [1.54, 1.807) is 7.11 Å². The summed E-state index contributed by atoms with van der Waals surface area (Å²) in [5, 5.41) is 3.32. The number of hydrogen-bond donors (Lipinski definition) is 1. The van der Waals surface area contributed by atoms with E-state index >= 15 is 0 Å². The van der Waals surface area contributed by atoms with Crippen LogP contribution in [0.3, 0.4) is 0 Å². The highest BCUT2D eigenvalue weighted by atomic mass is 16.5. The van der Waals surface area contributed by atoms with Gasteiger partial charge in [0.15, 0.2) is 0 Å². The fourth-order valence-corrected chi connectivity index (χ4v) is 2.68. The highest BCUT2D eigenvalue weighted by Crippen LogP contribution is 2.20. The lowest BCUT2D eigenvalue weighted by molar-refractivity contribution is -0.132. The smallest absolute Gasteiger partial charge is 0.224 e. The van der Waals surface area contributed by atoms with E-state index in [1.807, 2.05) is 36.2 Å². The molecule has 2 rings (SSSR count). The van der Waals surface area contributed by atoms with E-state index < -0.39 is 0 Å². The summed E-state index contributed by atoms with van der Waals surface area (Å²) < 4.78 is 10.8. The topological polar surface area (TPSA) is 50.8 Å². The van der Waals surface area contributed by atoms with Crippen LogP contribution in [0.1, 0.15) is 18.9 Å². The predicted octanol–water partition coefficient (Wildman–Crippen LogP) is 1.46. The quantitative estimate of drug-likeness (QED) is 0.864. The van der Waals surface area contributed by atoms with Crippen molar-refractivity contribution in [2.24, 2.45) is 0 Å². The number of ether oxygens (including phenoxy) is 2. The fourth-order valence-electron chi connectivity index (χ4n) is 2.68. The number of amides is 1. The summed E-state index contributed by atoms with van der Waals surface area (Å²) in [4.78, 5) is 14.2. The molecule has 0 saturated carbocycles. The number of benzene rings is 1. The largest absolute Gasteiger partial charge is 0.496 e. The minimum Gasteiger partial charge on any atom is -0.496 e. The molecule has 0 spiro atoms. The van der Waals surface area contributed by atoms with E-state index in [4.69, 9.17) is 9.47 Å². The molecule has 0 aromatic heterocycles. The van der Waals surface area contributed by atoms with Crippen LogP contribution in [0.5, 0.6) is 5.75 Å². The minimum absolute atomic E-state index is 0.119. The molecule has 1 aliphatic rings. The summed E-state index contributed by atoms with van der Waals surface area (Å²) >= 11 is 0. The van der Waals surface area contributed by atoms with Crippen molar-refractivity contribution in [2.75, 3.05) is 33.9 Å². The number of nitrogens with zero attached hydrogens (tertiary/aromatic N) is 1. The summed E-state index contributed by atoms with van der Waals surface area (Å²) in [6.45, 7) is 4.22. The van der Waals surface area contributed by atoms with Gasteiger partial charge in [-0.1, -0.05) is 18.2 Å². The summed E-state index contributed by atoms with van der Waals surface area (Å²) in [6.07, 6.45) is 1.26. The van der Waals surface area contributed by atoms with Gasteiger partial charge < -0.3 is 19.7 Å². The second-order valence-electron chi connectivity index (χ2n) is 5.80. The van der Waals surface area contributed by atoms with E-state index in [1.165, 1.54) is 0 Å². The van der Waals surface area contributed by atoms with Crippen molar-refractivity contribution in [1.29, 1.82) is 0 Å². The molecule has 5 nitrogen and oxygen atoms in total. The molecule has 1 fully saturated rings. The predicted molar refractivity (Wildman–Crippen MR) is 86.2 cm³/mol. The standard InChI is InChI=1S/C17H26N2O3/c1-13(10-14-6-4-5-7-16(14)21-3)19(2)17(20)11-15-12-22-9-8-18-15/h4-7,13,15,18H,8-12H2,1-3H3. The molecule has 22 heavy (non-hydrogen) atoms. The van der Waals surface area contributed by atoms with Gasteiger partial charge in [0, 0.05) is 32.1 Å². The zero-order valence-corrected chi connectivity index (χ0v) is 13.7. The van der Waals surface area contributed by atoms with Crippen LogP contribution in [0, 0.1) is 0 Å². The SMILES string of the molecule is COc1ccccc1CC(C)N(C)C(=O)CC1COCCN1. The van der Waals surface area contributed by atoms with Crippen LogP contribution < -0.4 is 10.1 Å². The second kappa shape index (κ2) is 8.15. The third-order valence-electron chi connectivity index (χ3n) is 4.18. The number of morpholine rings is 1. The highest BCUT2D eigenvalue weighted by Gasteiger charge is 2.22. The summed E-state index contributed by atoms with van der Waals surface area (Å²) in [7, 11) is 3.54. The van der Waals surface area contributed by atoms with E-state index in [0.717, 1.165) is 30.9 Å². The number of carbonyl (C=O) groups is 1. The molecular formula is C17H26N2O3. The molecule has 122 valence electrons. The van der Waals surface area contributed by atoms with Gasteiger partial charge in [-0.05, 0) is 25.0 Å². The maximum Gasteiger partial charge on any atom is 0.224 e. The first-order valence-electron chi connectivity index (χ1n) is 7.80. The first-order valence-corrected chi connectivity index (χ1v) is 7.80. The highest BCUT2D eigenvalue weighted by molar-refractivity contribution is 5.77. The van der Waals surface area contributed by atoms with E-state index in [0.29, 0.717) is 13.0 Å². The number of hydrogen-bond acceptors (Lipinski definition) is 4. The molecule has 1 saturated heterocycles. The van der Waals surface area contributed by atoms with Gasteiger partial charge in [0.2, 0.25) is 5.91 Å². The average molecular weight is 306 g/mol. The summed E-state index contributed by atoms with van der Waals surface area (Å²) in [5.74, 6) is 1.02. The number of likely N-dealkylation sites (N-methyl/N-ethyl adjacent to an activating group) is 1. The number of para-hydroxylation sites is 1. The first-order chi connectivity index (χ1) is 10.6. The molecule has 2 atom stereocenters. The second-order valence-corrected chi connectivity index (χ2v) is 5.80. The number of methoxy groups -OCH3 is 1. The van der Waals surface area contributed by atoms with Gasteiger partial charge in [0.05, 0.1) is 20.3 Å². The fraction of sp³-hybridized carbons (Fsp3) is 0.588. The van der Waals surface area contributed by atoms with Gasteiger partial charge in [0.1, 0.15) is 5.75 Å².